The van der Waals surface area contributed by atoms with Crippen molar-refractivity contribution in [1.29, 1.82) is 0 Å². The third-order valence-electron chi connectivity index (χ3n) is 3.79. The zero-order valence-electron chi connectivity index (χ0n) is 15.4. The Morgan fingerprint density at radius 1 is 1.38 bits per heavy atom. The molecule has 0 saturated heterocycles. The second-order valence-corrected chi connectivity index (χ2v) is 8.27. The van der Waals surface area contributed by atoms with Gasteiger partial charge in [-0.25, -0.2) is 9.18 Å². The molecule has 1 aromatic carbocycles. The fourth-order valence-electron chi connectivity index (χ4n) is 2.66. The second-order valence-electron chi connectivity index (χ2n) is 7.36. The number of nitrogens with one attached hydrogen (secondary N) is 1. The Kier molecular flexibility index (Phi) is 6.44. The molecule has 0 fully saturated rings. The van der Waals surface area contributed by atoms with Gasteiger partial charge in [0.1, 0.15) is 11.4 Å². The van der Waals surface area contributed by atoms with E-state index in [0.29, 0.717) is 29.2 Å². The molecule has 0 aliphatic rings. The highest BCUT2D eigenvalue weighted by atomic mass is 79.9. The molecule has 1 unspecified atom stereocenters. The van der Waals surface area contributed by atoms with Crippen molar-refractivity contribution in [2.75, 3.05) is 0 Å². The highest BCUT2D eigenvalue weighted by Crippen LogP contribution is 2.20. The fraction of sp³-hybridized carbons (Fsp3) is 0.474. The van der Waals surface area contributed by atoms with Gasteiger partial charge in [-0.1, -0.05) is 15.9 Å². The summed E-state index contributed by atoms with van der Waals surface area (Å²) in [6, 6.07) is 4.65. The molecule has 7 heteroatoms. The Labute approximate surface area is 160 Å². The summed E-state index contributed by atoms with van der Waals surface area (Å²) in [5.41, 5.74) is -0.887. The monoisotopic (exact) mass is 426 g/mol. The van der Waals surface area contributed by atoms with E-state index in [1.54, 1.807) is 39.1 Å². The number of aromatic nitrogens is 1. The van der Waals surface area contributed by atoms with Crippen LogP contribution in [0.15, 0.2) is 33.7 Å². The highest BCUT2D eigenvalue weighted by molar-refractivity contribution is 9.10. The second kappa shape index (κ2) is 8.20. The molecule has 0 bridgehead atoms. The Morgan fingerprint density at radius 2 is 2.08 bits per heavy atom. The lowest BCUT2D eigenvalue weighted by molar-refractivity contribution is 0.0505. The average molecular weight is 427 g/mol. The smallest absolute Gasteiger partial charge is 0.407 e. The average Bonchev–Trinajstić information content (AvgIpc) is 2.46. The van der Waals surface area contributed by atoms with Crippen LogP contribution in [0, 0.1) is 5.82 Å². The van der Waals surface area contributed by atoms with Gasteiger partial charge in [0.15, 0.2) is 0 Å². The maximum Gasteiger partial charge on any atom is 0.407 e. The summed E-state index contributed by atoms with van der Waals surface area (Å²) in [4.78, 5) is 24.2. The lowest BCUT2D eigenvalue weighted by Gasteiger charge is -2.22. The topological polar surface area (TPSA) is 60.3 Å². The number of carbonyl (C=O) groups excluding carboxylic acids is 1. The van der Waals surface area contributed by atoms with Gasteiger partial charge in [-0.3, -0.25) is 4.79 Å². The summed E-state index contributed by atoms with van der Waals surface area (Å²) >= 11 is 3.23. The number of alkyl carbamates (subject to hydrolysis) is 1. The first-order chi connectivity index (χ1) is 12.1. The van der Waals surface area contributed by atoms with Gasteiger partial charge >= 0.3 is 6.09 Å². The van der Waals surface area contributed by atoms with Gasteiger partial charge in [0.05, 0.1) is 5.39 Å². The van der Waals surface area contributed by atoms with Crippen LogP contribution in [0.3, 0.4) is 0 Å². The van der Waals surface area contributed by atoms with Crippen molar-refractivity contribution in [3.05, 3.63) is 45.0 Å². The zero-order chi connectivity index (χ0) is 19.5. The standard InChI is InChI=1S/C19H24BrFN2O3/c1-12(22-18(25)26-19(2,3)4)6-5-8-23-9-7-13-10-14(20)11-15(21)16(13)17(23)24/h7,9-12H,5-6,8H2,1-4H3,(H,22,25). The molecule has 142 valence electrons. The number of amides is 1. The van der Waals surface area contributed by atoms with E-state index >= 15 is 0 Å². The first-order valence-electron chi connectivity index (χ1n) is 8.54. The van der Waals surface area contributed by atoms with Crippen LogP contribution in [0.1, 0.15) is 40.5 Å². The van der Waals surface area contributed by atoms with E-state index in [-0.39, 0.29) is 17.0 Å². The fourth-order valence-corrected chi connectivity index (χ4v) is 3.10. The Bertz CT molecular complexity index is 858. The van der Waals surface area contributed by atoms with Gasteiger partial charge in [0.25, 0.3) is 5.56 Å². The van der Waals surface area contributed by atoms with Crippen LogP contribution in [0.25, 0.3) is 10.8 Å². The number of aryl methyl sites for hydroxylation is 1. The molecule has 1 aromatic heterocycles. The van der Waals surface area contributed by atoms with Gasteiger partial charge in [-0.05, 0) is 64.1 Å². The third-order valence-corrected chi connectivity index (χ3v) is 4.25. The van der Waals surface area contributed by atoms with Crippen molar-refractivity contribution < 1.29 is 13.9 Å². The Hall–Kier alpha value is -1.89. The first kappa shape index (κ1) is 20.4. The summed E-state index contributed by atoms with van der Waals surface area (Å²) in [5.74, 6) is -0.534. The maximum atomic E-state index is 14.1. The molecule has 5 nitrogen and oxygen atoms in total. The quantitative estimate of drug-likeness (QED) is 0.759. The lowest BCUT2D eigenvalue weighted by Crippen LogP contribution is -2.37. The number of pyridine rings is 1. The molecule has 1 atom stereocenters. The van der Waals surface area contributed by atoms with E-state index < -0.39 is 17.5 Å². The van der Waals surface area contributed by atoms with Crippen molar-refractivity contribution in [3.63, 3.8) is 0 Å². The molecule has 0 aliphatic carbocycles. The largest absolute Gasteiger partial charge is 0.444 e. The van der Waals surface area contributed by atoms with E-state index in [1.165, 1.54) is 10.6 Å². The van der Waals surface area contributed by atoms with Crippen molar-refractivity contribution in [1.82, 2.24) is 9.88 Å². The van der Waals surface area contributed by atoms with Crippen LogP contribution in [-0.4, -0.2) is 22.3 Å². The molecule has 2 rings (SSSR count). The summed E-state index contributed by atoms with van der Waals surface area (Å²) in [7, 11) is 0. The number of carbonyl (C=O) groups is 1. The number of ether oxygens (including phenoxy) is 1. The molecular weight excluding hydrogens is 403 g/mol. The van der Waals surface area contributed by atoms with Gasteiger partial charge in [-0.15, -0.1) is 0 Å². The van der Waals surface area contributed by atoms with Gasteiger partial charge in [0, 0.05) is 23.3 Å². The Morgan fingerprint density at radius 3 is 2.73 bits per heavy atom. The molecule has 0 aliphatic heterocycles. The maximum absolute atomic E-state index is 14.1. The lowest BCUT2D eigenvalue weighted by atomic mass is 10.1. The summed E-state index contributed by atoms with van der Waals surface area (Å²) < 4.78 is 21.4. The van der Waals surface area contributed by atoms with E-state index in [4.69, 9.17) is 4.74 Å². The minimum atomic E-state index is -0.540. The molecular formula is C19H24BrFN2O3. The van der Waals surface area contributed by atoms with Crippen LogP contribution in [0.5, 0.6) is 0 Å². The van der Waals surface area contributed by atoms with Gasteiger partial charge < -0.3 is 14.6 Å². The van der Waals surface area contributed by atoms with Crippen LogP contribution in [0.4, 0.5) is 9.18 Å². The Balaban J connectivity index is 1.97. The number of hydrogen-bond acceptors (Lipinski definition) is 3. The predicted molar refractivity (Wildman–Crippen MR) is 104 cm³/mol. The molecule has 1 heterocycles. The highest BCUT2D eigenvalue weighted by Gasteiger charge is 2.17. The molecule has 2 aromatic rings. The van der Waals surface area contributed by atoms with E-state index in [0.717, 1.165) is 0 Å². The van der Waals surface area contributed by atoms with E-state index in [2.05, 4.69) is 21.2 Å². The number of benzene rings is 1. The number of fused-ring (bicyclic) bond motifs is 1. The normalized spacial score (nSPS) is 12.8. The van der Waals surface area contributed by atoms with Crippen LogP contribution >= 0.6 is 15.9 Å². The third kappa shape index (κ3) is 5.56. The SMILES string of the molecule is CC(CCCn1ccc2cc(Br)cc(F)c2c1=O)NC(=O)OC(C)(C)C. The van der Waals surface area contributed by atoms with E-state index in [1.807, 2.05) is 6.92 Å². The van der Waals surface area contributed by atoms with Crippen molar-refractivity contribution in [2.24, 2.45) is 0 Å². The zero-order valence-corrected chi connectivity index (χ0v) is 17.0. The number of rotatable bonds is 5. The molecule has 0 radical (unpaired) electrons. The van der Waals surface area contributed by atoms with Crippen molar-refractivity contribution >= 4 is 32.8 Å². The predicted octanol–water partition coefficient (Wildman–Crippen LogP) is 4.60. The van der Waals surface area contributed by atoms with Crippen LogP contribution in [0.2, 0.25) is 0 Å². The summed E-state index contributed by atoms with van der Waals surface area (Å²) in [6.07, 6.45) is 2.55. The molecule has 1 amide bonds. The molecule has 0 spiro atoms. The van der Waals surface area contributed by atoms with Crippen LogP contribution in [-0.2, 0) is 11.3 Å². The first-order valence-corrected chi connectivity index (χ1v) is 9.34. The summed E-state index contributed by atoms with van der Waals surface area (Å²) in [6.45, 7) is 7.75. The molecule has 26 heavy (non-hydrogen) atoms. The van der Waals surface area contributed by atoms with Crippen LogP contribution < -0.4 is 10.9 Å². The number of nitrogens with zero attached hydrogens (tertiary/aromatic N) is 1. The van der Waals surface area contributed by atoms with Crippen molar-refractivity contribution in [3.8, 4) is 0 Å². The number of halogens is 2. The number of hydrogen-bond donors (Lipinski definition) is 1. The summed E-state index contributed by atoms with van der Waals surface area (Å²) in [5, 5.41) is 3.43. The minimum absolute atomic E-state index is 0.0892. The minimum Gasteiger partial charge on any atom is -0.444 e. The van der Waals surface area contributed by atoms with Crippen molar-refractivity contribution in [2.45, 2.75) is 58.7 Å². The molecule has 0 saturated carbocycles. The van der Waals surface area contributed by atoms with Gasteiger partial charge in [-0.2, -0.15) is 0 Å². The van der Waals surface area contributed by atoms with E-state index in [9.17, 15) is 14.0 Å². The molecule has 1 N–H and O–H groups in total. The van der Waals surface area contributed by atoms with Gasteiger partial charge in [0.2, 0.25) is 0 Å².